The Morgan fingerprint density at radius 3 is 2.52 bits per heavy atom. The van der Waals surface area contributed by atoms with E-state index in [9.17, 15) is 18.4 Å². The number of nitrogens with zero attached hydrogens (tertiary/aromatic N) is 2. The average molecular weight is 458 g/mol. The summed E-state index contributed by atoms with van der Waals surface area (Å²) in [7, 11) is 4.94. The first-order chi connectivity index (χ1) is 14.7. The van der Waals surface area contributed by atoms with Gasteiger partial charge in [0.15, 0.2) is 5.00 Å². The zero-order valence-electron chi connectivity index (χ0n) is 17.6. The minimum atomic E-state index is -1.08. The predicted octanol–water partition coefficient (Wildman–Crippen LogP) is 3.53. The number of urea groups is 1. The second-order valence-electron chi connectivity index (χ2n) is 6.74. The SMILES string of the molecule is COC(=O)Oc1c(OCc2c(F)cc(C)cc2F)nsc1NC(=O)NCCCN(C)C. The number of nitrogens with one attached hydrogen (secondary N) is 2. The first-order valence-corrected chi connectivity index (χ1v) is 10.0. The number of ether oxygens (including phenoxy) is 3. The molecule has 1 heterocycles. The van der Waals surface area contributed by atoms with Crippen LogP contribution in [0.4, 0.5) is 23.4 Å². The van der Waals surface area contributed by atoms with E-state index in [0.717, 1.165) is 31.6 Å². The molecule has 12 heteroatoms. The van der Waals surface area contributed by atoms with Crippen LogP contribution in [0.15, 0.2) is 12.1 Å². The predicted molar refractivity (Wildman–Crippen MR) is 111 cm³/mol. The molecule has 0 saturated carbocycles. The van der Waals surface area contributed by atoms with Crippen molar-refractivity contribution >= 4 is 28.7 Å². The number of aryl methyl sites for hydroxylation is 1. The third-order valence-corrected chi connectivity index (χ3v) is 4.63. The number of hydrogen-bond donors (Lipinski definition) is 2. The highest BCUT2D eigenvalue weighted by molar-refractivity contribution is 7.11. The van der Waals surface area contributed by atoms with Crippen LogP contribution < -0.4 is 20.1 Å². The van der Waals surface area contributed by atoms with Crippen LogP contribution in [0.1, 0.15) is 17.5 Å². The number of hydrogen-bond acceptors (Lipinski definition) is 8. The van der Waals surface area contributed by atoms with Crippen LogP contribution in [-0.2, 0) is 11.3 Å². The maximum atomic E-state index is 14.0. The standard InChI is InChI=1S/C19H24F2N4O5S/c1-11-8-13(20)12(14(21)9-11)10-29-16-15(30-19(27)28-4)17(31-24-16)23-18(26)22-6-5-7-25(2)3/h8-9H,5-7,10H2,1-4H3,(H2,22,23,26). The van der Waals surface area contributed by atoms with E-state index in [1.165, 1.54) is 12.1 Å². The van der Waals surface area contributed by atoms with E-state index in [2.05, 4.69) is 19.7 Å². The lowest BCUT2D eigenvalue weighted by atomic mass is 10.1. The lowest BCUT2D eigenvalue weighted by Gasteiger charge is -2.11. The van der Waals surface area contributed by atoms with Gasteiger partial charge in [-0.3, -0.25) is 5.32 Å². The van der Waals surface area contributed by atoms with Crippen LogP contribution >= 0.6 is 11.5 Å². The van der Waals surface area contributed by atoms with Crippen LogP contribution in [0.3, 0.4) is 0 Å². The van der Waals surface area contributed by atoms with Gasteiger partial charge in [-0.05, 0) is 63.2 Å². The van der Waals surface area contributed by atoms with Gasteiger partial charge in [0.2, 0.25) is 5.75 Å². The second-order valence-corrected chi connectivity index (χ2v) is 7.51. The van der Waals surface area contributed by atoms with Gasteiger partial charge in [-0.25, -0.2) is 18.4 Å². The molecule has 0 aliphatic heterocycles. The molecule has 2 rings (SSSR count). The molecule has 0 saturated heterocycles. The normalized spacial score (nSPS) is 10.7. The third kappa shape index (κ3) is 7.33. The summed E-state index contributed by atoms with van der Waals surface area (Å²) in [6.45, 7) is 2.27. The first kappa shape index (κ1) is 24.3. The minimum absolute atomic E-state index is 0.0651. The molecule has 2 amide bonds. The number of carbonyl (C=O) groups excluding carboxylic acids is 2. The summed E-state index contributed by atoms with van der Waals surface area (Å²) in [5.41, 5.74) is 0.112. The maximum absolute atomic E-state index is 14.0. The number of benzene rings is 1. The van der Waals surface area contributed by atoms with Gasteiger partial charge in [0.25, 0.3) is 5.88 Å². The Morgan fingerprint density at radius 2 is 1.90 bits per heavy atom. The highest BCUT2D eigenvalue weighted by Crippen LogP contribution is 2.39. The molecule has 0 spiro atoms. The van der Waals surface area contributed by atoms with Gasteiger partial charge < -0.3 is 24.4 Å². The third-order valence-electron chi connectivity index (χ3n) is 3.91. The van der Waals surface area contributed by atoms with E-state index in [-0.39, 0.29) is 22.2 Å². The van der Waals surface area contributed by atoms with Gasteiger partial charge in [0, 0.05) is 6.54 Å². The number of aromatic nitrogens is 1. The van der Waals surface area contributed by atoms with Gasteiger partial charge >= 0.3 is 12.2 Å². The van der Waals surface area contributed by atoms with Crippen LogP contribution in [0.5, 0.6) is 11.6 Å². The van der Waals surface area contributed by atoms with Gasteiger partial charge in [-0.2, -0.15) is 0 Å². The fourth-order valence-corrected chi connectivity index (χ4v) is 3.07. The molecule has 1 aromatic heterocycles. The molecule has 0 radical (unpaired) electrons. The molecule has 31 heavy (non-hydrogen) atoms. The fourth-order valence-electron chi connectivity index (χ4n) is 2.41. The minimum Gasteiger partial charge on any atom is -0.469 e. The molecule has 0 aliphatic carbocycles. The number of rotatable bonds is 9. The molecule has 0 fully saturated rings. The molecule has 0 aliphatic rings. The van der Waals surface area contributed by atoms with Crippen molar-refractivity contribution in [1.82, 2.24) is 14.6 Å². The molecule has 0 bridgehead atoms. The Morgan fingerprint density at radius 1 is 1.23 bits per heavy atom. The molecule has 0 unspecified atom stereocenters. The van der Waals surface area contributed by atoms with Crippen molar-refractivity contribution in [2.75, 3.05) is 39.6 Å². The Labute approximate surface area is 182 Å². The zero-order valence-corrected chi connectivity index (χ0v) is 18.4. The van der Waals surface area contributed by atoms with Crippen molar-refractivity contribution < 1.29 is 32.6 Å². The van der Waals surface area contributed by atoms with Crippen molar-refractivity contribution in [1.29, 1.82) is 0 Å². The maximum Gasteiger partial charge on any atom is 0.513 e. The van der Waals surface area contributed by atoms with Crippen LogP contribution in [0.2, 0.25) is 0 Å². The van der Waals surface area contributed by atoms with E-state index in [1.54, 1.807) is 6.92 Å². The lowest BCUT2D eigenvalue weighted by molar-refractivity contribution is 0.119. The highest BCUT2D eigenvalue weighted by atomic mass is 32.1. The van der Waals surface area contributed by atoms with Gasteiger partial charge in [-0.15, -0.1) is 4.37 Å². The number of methoxy groups -OCH3 is 1. The Hall–Kier alpha value is -2.99. The summed E-state index contributed by atoms with van der Waals surface area (Å²) in [5.74, 6) is -2.01. The Kier molecular flexibility index (Phi) is 8.94. The van der Waals surface area contributed by atoms with E-state index in [4.69, 9.17) is 9.47 Å². The van der Waals surface area contributed by atoms with E-state index < -0.39 is 30.4 Å². The van der Waals surface area contributed by atoms with Crippen molar-refractivity contribution in [3.8, 4) is 11.6 Å². The number of halogens is 2. The van der Waals surface area contributed by atoms with Gasteiger partial charge in [0.05, 0.1) is 12.7 Å². The summed E-state index contributed by atoms with van der Waals surface area (Å²) in [6, 6.07) is 1.80. The van der Waals surface area contributed by atoms with E-state index in [0.29, 0.717) is 12.1 Å². The molecular weight excluding hydrogens is 434 g/mol. The summed E-state index contributed by atoms with van der Waals surface area (Å²) in [5, 5.41) is 5.23. The number of anilines is 1. The van der Waals surface area contributed by atoms with Crippen LogP contribution in [-0.4, -0.2) is 55.8 Å². The molecule has 0 atom stereocenters. The average Bonchev–Trinajstić information content (AvgIpc) is 3.05. The van der Waals surface area contributed by atoms with Gasteiger partial charge in [0.1, 0.15) is 18.2 Å². The number of carbonyl (C=O) groups is 2. The monoisotopic (exact) mass is 458 g/mol. The lowest BCUT2D eigenvalue weighted by Crippen LogP contribution is -2.31. The second kappa shape index (κ2) is 11.4. The van der Waals surface area contributed by atoms with Crippen molar-refractivity contribution in [3.05, 3.63) is 34.9 Å². The van der Waals surface area contributed by atoms with Crippen molar-refractivity contribution in [3.63, 3.8) is 0 Å². The zero-order chi connectivity index (χ0) is 23.0. The summed E-state index contributed by atoms with van der Waals surface area (Å²) in [6.07, 6.45) is -0.344. The topological polar surface area (TPSA) is 102 Å². The summed E-state index contributed by atoms with van der Waals surface area (Å²) >= 11 is 0.772. The quantitative estimate of drug-likeness (QED) is 0.438. The number of amides is 2. The molecule has 2 N–H and O–H groups in total. The van der Waals surface area contributed by atoms with Crippen LogP contribution in [0.25, 0.3) is 0 Å². The van der Waals surface area contributed by atoms with Crippen LogP contribution in [0, 0.1) is 18.6 Å². The molecule has 2 aromatic rings. The Balaban J connectivity index is 2.10. The molecular formula is C19H24F2N4O5S. The smallest absolute Gasteiger partial charge is 0.469 e. The molecule has 170 valence electrons. The Bertz CT molecular complexity index is 900. The summed E-state index contributed by atoms with van der Waals surface area (Å²) in [4.78, 5) is 25.7. The largest absolute Gasteiger partial charge is 0.513 e. The molecule has 1 aromatic carbocycles. The fraction of sp³-hybridized carbons (Fsp3) is 0.421. The summed E-state index contributed by atoms with van der Waals surface area (Å²) < 4.78 is 46.9. The van der Waals surface area contributed by atoms with Crippen molar-refractivity contribution in [2.24, 2.45) is 0 Å². The van der Waals surface area contributed by atoms with Crippen molar-refractivity contribution in [2.45, 2.75) is 20.0 Å². The first-order valence-electron chi connectivity index (χ1n) is 9.23. The van der Waals surface area contributed by atoms with E-state index >= 15 is 0 Å². The van der Waals surface area contributed by atoms with Gasteiger partial charge in [-0.1, -0.05) is 0 Å². The van der Waals surface area contributed by atoms with E-state index in [1.807, 2.05) is 19.0 Å². The highest BCUT2D eigenvalue weighted by Gasteiger charge is 2.23. The molecule has 9 nitrogen and oxygen atoms in total.